The summed E-state index contributed by atoms with van der Waals surface area (Å²) in [6.07, 6.45) is 0.944. The van der Waals surface area contributed by atoms with Gasteiger partial charge in [-0.3, -0.25) is 0 Å². The molecule has 2 nitrogen and oxygen atoms in total. The van der Waals surface area contributed by atoms with Crippen molar-refractivity contribution in [2.45, 2.75) is 13.3 Å². The molecule has 0 radical (unpaired) electrons. The minimum atomic E-state index is -0.868. The molecule has 0 unspecified atom stereocenters. The maximum absolute atomic E-state index is 10.4. The predicted molar refractivity (Wildman–Crippen MR) is 43.9 cm³/mol. The van der Waals surface area contributed by atoms with E-state index < -0.39 is 5.97 Å². The molecule has 1 N–H and O–H groups in total. The van der Waals surface area contributed by atoms with Crippen molar-refractivity contribution in [2.75, 3.05) is 0 Å². The summed E-state index contributed by atoms with van der Waals surface area (Å²) < 4.78 is 0. The van der Waals surface area contributed by atoms with E-state index in [-0.39, 0.29) is 52.8 Å². The van der Waals surface area contributed by atoms with Gasteiger partial charge in [-0.2, -0.15) is 0 Å². The summed E-state index contributed by atoms with van der Waals surface area (Å²) >= 11 is 0. The monoisotopic (exact) mass is 190 g/mol. The second kappa shape index (κ2) is 5.88. The number of aromatic carboxylic acids is 1. The molecule has 0 saturated carbocycles. The minimum absolute atomic E-state index is 0. The van der Waals surface area contributed by atoms with Crippen molar-refractivity contribution >= 4 is 5.97 Å². The summed E-state index contributed by atoms with van der Waals surface area (Å²) in [6.45, 7) is 2.04. The number of carbonyl (C=O) groups is 1. The molecule has 1 aromatic carbocycles. The Balaban J connectivity index is 0. The normalized spacial score (nSPS) is 8.75. The molecule has 0 bridgehead atoms. The van der Waals surface area contributed by atoms with Crippen LogP contribution in [-0.4, -0.2) is 11.1 Å². The van der Waals surface area contributed by atoms with Gasteiger partial charge in [0.1, 0.15) is 0 Å². The molecule has 0 amide bonds. The molecule has 0 aliphatic carbocycles. The molecular formula is C9H11KO2. The largest absolute Gasteiger partial charge is 1.00 e. The van der Waals surface area contributed by atoms with Crippen LogP contribution in [0, 0.1) is 0 Å². The summed E-state index contributed by atoms with van der Waals surface area (Å²) in [6, 6.07) is 6.93. The van der Waals surface area contributed by atoms with Gasteiger partial charge in [0.05, 0.1) is 5.56 Å². The van der Waals surface area contributed by atoms with Crippen LogP contribution in [0.4, 0.5) is 0 Å². The third-order valence-corrected chi connectivity index (χ3v) is 1.61. The average molecular weight is 190 g/mol. The topological polar surface area (TPSA) is 37.3 Å². The van der Waals surface area contributed by atoms with Gasteiger partial charge in [-0.05, 0) is 24.1 Å². The second-order valence-electron chi connectivity index (χ2n) is 2.36. The molecule has 0 fully saturated rings. The van der Waals surface area contributed by atoms with Crippen molar-refractivity contribution in [2.24, 2.45) is 0 Å². The van der Waals surface area contributed by atoms with E-state index in [2.05, 4.69) is 0 Å². The van der Waals surface area contributed by atoms with Crippen LogP contribution in [-0.2, 0) is 6.42 Å². The van der Waals surface area contributed by atoms with E-state index in [1.165, 1.54) is 0 Å². The second-order valence-corrected chi connectivity index (χ2v) is 2.36. The zero-order valence-corrected chi connectivity index (χ0v) is 10.5. The quantitative estimate of drug-likeness (QED) is 0.611. The van der Waals surface area contributed by atoms with Crippen molar-refractivity contribution in [1.82, 2.24) is 0 Å². The fourth-order valence-corrected chi connectivity index (χ4v) is 0.883. The number of carboxylic acids is 1. The van der Waals surface area contributed by atoms with Crippen LogP contribution in [0.2, 0.25) is 0 Å². The molecule has 3 heteroatoms. The average Bonchev–Trinajstić information content (AvgIpc) is 2.05. The first kappa shape index (κ1) is 12.3. The van der Waals surface area contributed by atoms with Crippen molar-refractivity contribution in [1.29, 1.82) is 0 Å². The minimum Gasteiger partial charge on any atom is -1.00 e. The Morgan fingerprint density at radius 3 is 2.25 bits per heavy atom. The molecule has 12 heavy (non-hydrogen) atoms. The molecule has 0 aliphatic heterocycles. The van der Waals surface area contributed by atoms with E-state index in [0.29, 0.717) is 5.56 Å². The van der Waals surface area contributed by atoms with Gasteiger partial charge in [0.15, 0.2) is 0 Å². The number of hydrogen-bond acceptors (Lipinski definition) is 1. The Morgan fingerprint density at radius 2 is 1.92 bits per heavy atom. The maximum Gasteiger partial charge on any atom is 1.00 e. The van der Waals surface area contributed by atoms with Crippen LogP contribution in [0.3, 0.4) is 0 Å². The molecule has 0 heterocycles. The zero-order chi connectivity index (χ0) is 8.27. The van der Waals surface area contributed by atoms with E-state index in [1.54, 1.807) is 12.1 Å². The van der Waals surface area contributed by atoms with Gasteiger partial charge in [-0.25, -0.2) is 4.79 Å². The van der Waals surface area contributed by atoms with Gasteiger partial charge in [-0.15, -0.1) is 0 Å². The van der Waals surface area contributed by atoms with Crippen molar-refractivity contribution in [3.63, 3.8) is 0 Å². The first-order chi connectivity index (χ1) is 5.24. The van der Waals surface area contributed by atoms with Crippen molar-refractivity contribution in [3.8, 4) is 0 Å². The number of rotatable bonds is 2. The van der Waals surface area contributed by atoms with Gasteiger partial charge in [0.25, 0.3) is 0 Å². The smallest absolute Gasteiger partial charge is 1.00 e. The fourth-order valence-electron chi connectivity index (χ4n) is 0.883. The van der Waals surface area contributed by atoms with Crippen LogP contribution < -0.4 is 51.4 Å². The molecule has 60 valence electrons. The predicted octanol–water partition coefficient (Wildman–Crippen LogP) is -0.936. The Morgan fingerprint density at radius 1 is 1.42 bits per heavy atom. The van der Waals surface area contributed by atoms with Crippen LogP contribution >= 0.6 is 0 Å². The van der Waals surface area contributed by atoms with Crippen molar-refractivity contribution < 1.29 is 62.7 Å². The standard InChI is InChI=1S/C9H10O2.K.H/c1-2-7-3-5-8(6-4-7)9(10)11;;/h3-6H,2H2,1H3,(H,10,11);;/q;+1;-1. The molecule has 0 aliphatic rings. The molecule has 0 saturated heterocycles. The van der Waals surface area contributed by atoms with E-state index in [4.69, 9.17) is 5.11 Å². The molecule has 0 spiro atoms. The SMILES string of the molecule is CCc1ccc(C(=O)O)cc1.[H-].[K+]. The van der Waals surface area contributed by atoms with Crippen LogP contribution in [0.1, 0.15) is 24.3 Å². The third kappa shape index (κ3) is 3.37. The number of carboxylic acid groups (broad SMARTS) is 1. The van der Waals surface area contributed by atoms with Crippen molar-refractivity contribution in [3.05, 3.63) is 35.4 Å². The van der Waals surface area contributed by atoms with Gasteiger partial charge >= 0.3 is 57.4 Å². The molecule has 0 aromatic heterocycles. The van der Waals surface area contributed by atoms with Gasteiger partial charge in [0, 0.05) is 0 Å². The number of benzene rings is 1. The Hall–Kier alpha value is 0.326. The van der Waals surface area contributed by atoms with Crippen LogP contribution in [0.5, 0.6) is 0 Å². The molecular weight excluding hydrogens is 179 g/mol. The molecule has 1 rings (SSSR count). The van der Waals surface area contributed by atoms with Gasteiger partial charge in [0.2, 0.25) is 0 Å². The van der Waals surface area contributed by atoms with E-state index in [9.17, 15) is 4.79 Å². The van der Waals surface area contributed by atoms with E-state index in [0.717, 1.165) is 12.0 Å². The number of aryl methyl sites for hydroxylation is 1. The maximum atomic E-state index is 10.4. The van der Waals surface area contributed by atoms with Crippen LogP contribution in [0.25, 0.3) is 0 Å². The summed E-state index contributed by atoms with van der Waals surface area (Å²) in [4.78, 5) is 10.4. The van der Waals surface area contributed by atoms with Gasteiger partial charge < -0.3 is 6.53 Å². The Labute approximate surface area is 116 Å². The van der Waals surface area contributed by atoms with Gasteiger partial charge in [-0.1, -0.05) is 19.1 Å². The summed E-state index contributed by atoms with van der Waals surface area (Å²) in [7, 11) is 0. The van der Waals surface area contributed by atoms with E-state index in [1.807, 2.05) is 19.1 Å². The fraction of sp³-hybridized carbons (Fsp3) is 0.222. The zero-order valence-electron chi connectivity index (χ0n) is 8.37. The van der Waals surface area contributed by atoms with E-state index >= 15 is 0 Å². The number of hydrogen-bond donors (Lipinski definition) is 1. The first-order valence-electron chi connectivity index (χ1n) is 3.56. The molecule has 0 atom stereocenters. The Bertz CT molecular complexity index is 259. The summed E-state index contributed by atoms with van der Waals surface area (Å²) in [5, 5.41) is 8.55. The molecule has 1 aromatic rings. The van der Waals surface area contributed by atoms with Crippen LogP contribution in [0.15, 0.2) is 24.3 Å². The summed E-state index contributed by atoms with van der Waals surface area (Å²) in [5.41, 5.74) is 1.51. The third-order valence-electron chi connectivity index (χ3n) is 1.61. The first-order valence-corrected chi connectivity index (χ1v) is 3.56. The summed E-state index contributed by atoms with van der Waals surface area (Å²) in [5.74, 6) is -0.868. The Kier molecular flexibility index (Phi) is 6.04.